The standard InChI is InChI=1S/C17H22N4.C3H8/c1-4-8-20(2)9-7-14-5-6-17(15(10-14)11-18)16-12-19-21(3)13-16;1-3-2/h5-6,10,12-13H,4,7-9H2,1-3H3;3H2,1-2H3. The second-order valence-corrected chi connectivity index (χ2v) is 6.15. The second kappa shape index (κ2) is 10.6. The van der Waals surface area contributed by atoms with Crippen LogP contribution in [-0.4, -0.2) is 34.8 Å². The van der Waals surface area contributed by atoms with Crippen molar-refractivity contribution in [1.29, 1.82) is 5.26 Å². The largest absolute Gasteiger partial charge is 0.306 e. The molecule has 0 radical (unpaired) electrons. The van der Waals surface area contributed by atoms with Crippen LogP contribution < -0.4 is 0 Å². The molecule has 0 amide bonds. The van der Waals surface area contributed by atoms with Crippen LogP contribution in [0, 0.1) is 11.3 Å². The Bertz CT molecular complexity index is 652. The molecule has 0 N–H and O–H groups in total. The van der Waals surface area contributed by atoms with Crippen LogP contribution in [0.4, 0.5) is 0 Å². The number of hydrogen-bond acceptors (Lipinski definition) is 3. The molecule has 0 atom stereocenters. The first-order chi connectivity index (χ1) is 11.5. The molecule has 0 saturated carbocycles. The number of aromatic nitrogens is 2. The van der Waals surface area contributed by atoms with E-state index in [1.165, 1.54) is 18.4 Å². The van der Waals surface area contributed by atoms with E-state index in [-0.39, 0.29) is 0 Å². The summed E-state index contributed by atoms with van der Waals surface area (Å²) in [5.74, 6) is 0. The van der Waals surface area contributed by atoms with Gasteiger partial charge in [-0.1, -0.05) is 39.3 Å². The van der Waals surface area contributed by atoms with Gasteiger partial charge in [-0.2, -0.15) is 10.4 Å². The molecule has 1 aromatic carbocycles. The van der Waals surface area contributed by atoms with Crippen LogP contribution in [0.5, 0.6) is 0 Å². The Kier molecular flexibility index (Phi) is 8.81. The highest BCUT2D eigenvalue weighted by molar-refractivity contribution is 5.69. The van der Waals surface area contributed by atoms with Gasteiger partial charge in [0.1, 0.15) is 0 Å². The minimum Gasteiger partial charge on any atom is -0.306 e. The maximum absolute atomic E-state index is 9.39. The molecule has 0 spiro atoms. The molecule has 1 heterocycles. The van der Waals surface area contributed by atoms with Gasteiger partial charge in [-0.05, 0) is 38.1 Å². The van der Waals surface area contributed by atoms with E-state index in [9.17, 15) is 5.26 Å². The summed E-state index contributed by atoms with van der Waals surface area (Å²) in [6.07, 6.45) is 7.12. The first-order valence-corrected chi connectivity index (χ1v) is 8.76. The Hall–Kier alpha value is -2.12. The van der Waals surface area contributed by atoms with E-state index < -0.39 is 0 Å². The summed E-state index contributed by atoms with van der Waals surface area (Å²) in [5, 5.41) is 13.6. The lowest BCUT2D eigenvalue weighted by atomic mass is 9.99. The fraction of sp³-hybridized carbons (Fsp3) is 0.500. The molecular weight excluding hydrogens is 296 g/mol. The molecular formula is C20H30N4. The average Bonchev–Trinajstić information content (AvgIpc) is 3.00. The van der Waals surface area contributed by atoms with E-state index in [0.29, 0.717) is 0 Å². The van der Waals surface area contributed by atoms with Crippen molar-refractivity contribution in [2.75, 3.05) is 20.1 Å². The summed E-state index contributed by atoms with van der Waals surface area (Å²) < 4.78 is 1.75. The smallest absolute Gasteiger partial charge is 0.0998 e. The van der Waals surface area contributed by atoms with Gasteiger partial charge >= 0.3 is 0 Å². The summed E-state index contributed by atoms with van der Waals surface area (Å²) in [5.41, 5.74) is 3.88. The van der Waals surface area contributed by atoms with Gasteiger partial charge in [0.2, 0.25) is 0 Å². The summed E-state index contributed by atoms with van der Waals surface area (Å²) in [6.45, 7) is 8.57. The quantitative estimate of drug-likeness (QED) is 0.797. The average molecular weight is 326 g/mol. The highest BCUT2D eigenvalue weighted by Crippen LogP contribution is 2.24. The van der Waals surface area contributed by atoms with Crippen LogP contribution in [0.2, 0.25) is 0 Å². The highest BCUT2D eigenvalue weighted by Gasteiger charge is 2.08. The lowest BCUT2D eigenvalue weighted by Crippen LogP contribution is -2.21. The van der Waals surface area contributed by atoms with Gasteiger partial charge in [0, 0.05) is 30.9 Å². The molecule has 0 bridgehead atoms. The minimum absolute atomic E-state index is 0.721. The molecule has 2 rings (SSSR count). The molecule has 2 aromatic rings. The Balaban J connectivity index is 0.000000891. The first-order valence-electron chi connectivity index (χ1n) is 8.76. The molecule has 130 valence electrons. The van der Waals surface area contributed by atoms with Crippen molar-refractivity contribution in [3.8, 4) is 17.2 Å². The maximum Gasteiger partial charge on any atom is 0.0998 e. The van der Waals surface area contributed by atoms with Crippen molar-refractivity contribution < 1.29 is 0 Å². The fourth-order valence-corrected chi connectivity index (χ4v) is 2.46. The molecule has 24 heavy (non-hydrogen) atoms. The van der Waals surface area contributed by atoms with Gasteiger partial charge in [-0.3, -0.25) is 4.68 Å². The third-order valence-electron chi connectivity index (χ3n) is 3.61. The van der Waals surface area contributed by atoms with E-state index in [0.717, 1.165) is 36.2 Å². The molecule has 0 aliphatic rings. The summed E-state index contributed by atoms with van der Waals surface area (Å²) in [6, 6.07) is 8.45. The van der Waals surface area contributed by atoms with Crippen LogP contribution in [0.3, 0.4) is 0 Å². The van der Waals surface area contributed by atoms with Crippen molar-refractivity contribution in [1.82, 2.24) is 14.7 Å². The third kappa shape index (κ3) is 6.17. The summed E-state index contributed by atoms with van der Waals surface area (Å²) in [4.78, 5) is 2.32. The van der Waals surface area contributed by atoms with Crippen LogP contribution in [0.1, 0.15) is 44.7 Å². The van der Waals surface area contributed by atoms with E-state index in [1.54, 1.807) is 10.9 Å². The van der Waals surface area contributed by atoms with Crippen LogP contribution in [0.25, 0.3) is 11.1 Å². The molecule has 0 aliphatic carbocycles. The Morgan fingerprint density at radius 1 is 1.21 bits per heavy atom. The summed E-state index contributed by atoms with van der Waals surface area (Å²) in [7, 11) is 4.02. The van der Waals surface area contributed by atoms with E-state index in [2.05, 4.69) is 50.0 Å². The van der Waals surface area contributed by atoms with Gasteiger partial charge < -0.3 is 4.90 Å². The van der Waals surface area contributed by atoms with Crippen molar-refractivity contribution in [3.05, 3.63) is 41.7 Å². The first kappa shape index (κ1) is 19.9. The Morgan fingerprint density at radius 2 is 1.92 bits per heavy atom. The zero-order chi connectivity index (χ0) is 17.9. The van der Waals surface area contributed by atoms with Crippen LogP contribution in [-0.2, 0) is 13.5 Å². The van der Waals surface area contributed by atoms with Crippen molar-refractivity contribution in [2.45, 2.75) is 40.0 Å². The van der Waals surface area contributed by atoms with E-state index >= 15 is 0 Å². The molecule has 0 fully saturated rings. The van der Waals surface area contributed by atoms with Gasteiger partial charge in [-0.15, -0.1) is 0 Å². The highest BCUT2D eigenvalue weighted by atomic mass is 15.2. The van der Waals surface area contributed by atoms with Crippen molar-refractivity contribution in [3.63, 3.8) is 0 Å². The number of aryl methyl sites for hydroxylation is 1. The molecule has 1 aromatic heterocycles. The Labute approximate surface area is 146 Å². The van der Waals surface area contributed by atoms with E-state index in [4.69, 9.17) is 0 Å². The molecule has 0 saturated heterocycles. The van der Waals surface area contributed by atoms with Crippen LogP contribution >= 0.6 is 0 Å². The van der Waals surface area contributed by atoms with E-state index in [1.807, 2.05) is 25.4 Å². The van der Waals surface area contributed by atoms with Gasteiger partial charge in [0.05, 0.1) is 17.8 Å². The number of nitrogens with zero attached hydrogens (tertiary/aromatic N) is 4. The number of likely N-dealkylation sites (N-methyl/N-ethyl adjacent to an activating group) is 1. The SMILES string of the molecule is CCC.CCCN(C)CCc1ccc(-c2cnn(C)c2)c(C#N)c1. The topological polar surface area (TPSA) is 44.9 Å². The van der Waals surface area contributed by atoms with Gasteiger partial charge in [0.25, 0.3) is 0 Å². The minimum atomic E-state index is 0.721. The molecule has 4 nitrogen and oxygen atoms in total. The zero-order valence-corrected chi connectivity index (χ0v) is 15.7. The van der Waals surface area contributed by atoms with Gasteiger partial charge in [0.15, 0.2) is 0 Å². The molecule has 0 aliphatic heterocycles. The molecule has 4 heteroatoms. The predicted molar refractivity (Wildman–Crippen MR) is 101 cm³/mol. The zero-order valence-electron chi connectivity index (χ0n) is 15.7. The monoisotopic (exact) mass is 326 g/mol. The summed E-state index contributed by atoms with van der Waals surface area (Å²) >= 11 is 0. The fourth-order valence-electron chi connectivity index (χ4n) is 2.46. The van der Waals surface area contributed by atoms with Gasteiger partial charge in [-0.25, -0.2) is 0 Å². The number of rotatable bonds is 6. The second-order valence-electron chi connectivity index (χ2n) is 6.15. The molecule has 0 unspecified atom stereocenters. The normalized spacial score (nSPS) is 10.2. The number of nitriles is 1. The lowest BCUT2D eigenvalue weighted by molar-refractivity contribution is 0.339. The Morgan fingerprint density at radius 3 is 2.46 bits per heavy atom. The van der Waals surface area contributed by atoms with Crippen LogP contribution in [0.15, 0.2) is 30.6 Å². The third-order valence-corrected chi connectivity index (χ3v) is 3.61. The number of hydrogen-bond donors (Lipinski definition) is 0. The predicted octanol–water partition coefficient (Wildman–Crippen LogP) is 4.26. The maximum atomic E-state index is 9.39. The lowest BCUT2D eigenvalue weighted by Gasteiger charge is -2.15. The van der Waals surface area contributed by atoms with Crippen molar-refractivity contribution >= 4 is 0 Å². The number of benzene rings is 1. The van der Waals surface area contributed by atoms with Crippen molar-refractivity contribution in [2.24, 2.45) is 7.05 Å².